The first-order valence-corrected chi connectivity index (χ1v) is 6.36. The first-order chi connectivity index (χ1) is 9.42. The summed E-state index contributed by atoms with van der Waals surface area (Å²) < 4.78 is 1.54. The first kappa shape index (κ1) is 14.0. The Kier molecular flexibility index (Phi) is 3.69. The topological polar surface area (TPSA) is 107 Å². The summed E-state index contributed by atoms with van der Waals surface area (Å²) >= 11 is 0. The van der Waals surface area contributed by atoms with Crippen LogP contribution in [0, 0.1) is 13.8 Å². The lowest BCUT2D eigenvalue weighted by molar-refractivity contribution is -0.117. The number of nitrogens with two attached hydrogens (primary N) is 1. The third kappa shape index (κ3) is 2.61. The minimum atomic E-state index is -0.417. The Morgan fingerprint density at radius 2 is 2.15 bits per heavy atom. The van der Waals surface area contributed by atoms with Crippen molar-refractivity contribution in [2.45, 2.75) is 33.6 Å². The number of amides is 1. The Hall–Kier alpha value is -2.44. The lowest BCUT2D eigenvalue weighted by Crippen LogP contribution is -2.16. The molecular weight excluding hydrogens is 258 g/mol. The standard InChI is InChI=1S/C13H17N5O2/c1-4-9-5-12(20)16-13(15-9)18-8(3)10(6-11(14)19)7(2)17-18/h5H,4,6H2,1-3H3,(H2,14,19)(H,15,16,20). The molecule has 0 spiro atoms. The van der Waals surface area contributed by atoms with Crippen LogP contribution >= 0.6 is 0 Å². The van der Waals surface area contributed by atoms with Gasteiger partial charge in [-0.25, -0.2) is 9.67 Å². The van der Waals surface area contributed by atoms with Crippen molar-refractivity contribution in [2.24, 2.45) is 5.73 Å². The number of H-pyrrole nitrogens is 1. The number of aryl methyl sites for hydroxylation is 2. The minimum Gasteiger partial charge on any atom is -0.369 e. The van der Waals surface area contributed by atoms with Gasteiger partial charge in [0.2, 0.25) is 11.9 Å². The molecule has 0 fully saturated rings. The fraction of sp³-hybridized carbons (Fsp3) is 0.385. The Balaban J connectivity index is 2.56. The summed E-state index contributed by atoms with van der Waals surface area (Å²) in [6.07, 6.45) is 0.778. The van der Waals surface area contributed by atoms with Crippen LogP contribution in [0.5, 0.6) is 0 Å². The molecule has 2 rings (SSSR count). The van der Waals surface area contributed by atoms with Gasteiger partial charge in [-0.15, -0.1) is 0 Å². The molecule has 0 saturated heterocycles. The Morgan fingerprint density at radius 1 is 1.45 bits per heavy atom. The van der Waals surface area contributed by atoms with Gasteiger partial charge in [0.15, 0.2) is 0 Å². The summed E-state index contributed by atoms with van der Waals surface area (Å²) in [5, 5.41) is 4.33. The number of nitrogens with one attached hydrogen (secondary N) is 1. The Morgan fingerprint density at radius 3 is 2.75 bits per heavy atom. The smallest absolute Gasteiger partial charge is 0.252 e. The fourth-order valence-electron chi connectivity index (χ4n) is 2.09. The minimum absolute atomic E-state index is 0.120. The van der Waals surface area contributed by atoms with E-state index in [9.17, 15) is 9.59 Å². The number of rotatable bonds is 4. The molecule has 0 aliphatic rings. The van der Waals surface area contributed by atoms with Gasteiger partial charge in [-0.1, -0.05) is 6.92 Å². The fourth-order valence-corrected chi connectivity index (χ4v) is 2.09. The predicted octanol–water partition coefficient (Wildman–Crippen LogP) is 0.163. The molecule has 1 amide bonds. The van der Waals surface area contributed by atoms with Crippen LogP contribution in [0.3, 0.4) is 0 Å². The van der Waals surface area contributed by atoms with E-state index < -0.39 is 5.91 Å². The first-order valence-electron chi connectivity index (χ1n) is 6.36. The van der Waals surface area contributed by atoms with Crippen LogP contribution in [-0.2, 0) is 17.6 Å². The van der Waals surface area contributed by atoms with Gasteiger partial charge in [0.25, 0.3) is 5.56 Å². The highest BCUT2D eigenvalue weighted by atomic mass is 16.1. The van der Waals surface area contributed by atoms with E-state index in [-0.39, 0.29) is 12.0 Å². The van der Waals surface area contributed by atoms with E-state index in [1.165, 1.54) is 10.7 Å². The highest BCUT2D eigenvalue weighted by molar-refractivity contribution is 5.77. The molecule has 0 unspecified atom stereocenters. The van der Waals surface area contributed by atoms with Crippen LogP contribution in [0.2, 0.25) is 0 Å². The number of aromatic nitrogens is 4. The Labute approximate surface area is 115 Å². The number of carbonyl (C=O) groups is 1. The molecule has 3 N–H and O–H groups in total. The predicted molar refractivity (Wildman–Crippen MR) is 73.7 cm³/mol. The second-order valence-electron chi connectivity index (χ2n) is 4.62. The molecule has 0 saturated carbocycles. The van der Waals surface area contributed by atoms with Gasteiger partial charge in [-0.2, -0.15) is 5.10 Å². The second kappa shape index (κ2) is 5.28. The number of hydrogen-bond acceptors (Lipinski definition) is 4. The second-order valence-corrected chi connectivity index (χ2v) is 4.62. The van der Waals surface area contributed by atoms with E-state index in [0.717, 1.165) is 11.3 Å². The molecule has 0 aromatic carbocycles. The molecule has 7 nitrogen and oxygen atoms in total. The van der Waals surface area contributed by atoms with E-state index >= 15 is 0 Å². The number of hydrogen-bond donors (Lipinski definition) is 2. The SMILES string of the molecule is CCc1cc(=O)[nH]c(-n2nc(C)c(CC(N)=O)c2C)n1. The summed E-state index contributed by atoms with van der Waals surface area (Å²) in [5.74, 6) is -0.0646. The van der Waals surface area contributed by atoms with Gasteiger partial charge in [-0.05, 0) is 20.3 Å². The van der Waals surface area contributed by atoms with Crippen molar-refractivity contribution in [3.05, 3.63) is 39.1 Å². The van der Waals surface area contributed by atoms with E-state index in [4.69, 9.17) is 5.73 Å². The molecule has 7 heteroatoms. The van der Waals surface area contributed by atoms with Crippen LogP contribution in [-0.4, -0.2) is 25.7 Å². The quantitative estimate of drug-likeness (QED) is 0.828. The summed E-state index contributed by atoms with van der Waals surface area (Å²) in [5.41, 5.74) is 7.91. The molecule has 0 aliphatic carbocycles. The van der Waals surface area contributed by atoms with Crippen molar-refractivity contribution in [3.63, 3.8) is 0 Å². The molecule has 106 valence electrons. The van der Waals surface area contributed by atoms with Crippen LogP contribution < -0.4 is 11.3 Å². The van der Waals surface area contributed by atoms with Crippen LogP contribution in [0.4, 0.5) is 0 Å². The summed E-state index contributed by atoms with van der Waals surface area (Å²) in [7, 11) is 0. The van der Waals surface area contributed by atoms with Gasteiger partial charge < -0.3 is 5.73 Å². The van der Waals surface area contributed by atoms with Crippen molar-refractivity contribution < 1.29 is 4.79 Å². The summed E-state index contributed by atoms with van der Waals surface area (Å²) in [4.78, 5) is 29.7. The maximum Gasteiger partial charge on any atom is 0.252 e. The molecule has 0 atom stereocenters. The van der Waals surface area contributed by atoms with Gasteiger partial charge in [0, 0.05) is 23.0 Å². The van der Waals surface area contributed by atoms with Gasteiger partial charge in [0.05, 0.1) is 12.1 Å². The summed E-state index contributed by atoms with van der Waals surface area (Å²) in [6.45, 7) is 5.53. The zero-order chi connectivity index (χ0) is 14.9. The van der Waals surface area contributed by atoms with Crippen LogP contribution in [0.25, 0.3) is 5.95 Å². The van der Waals surface area contributed by atoms with Crippen molar-refractivity contribution >= 4 is 5.91 Å². The van der Waals surface area contributed by atoms with Gasteiger partial charge in [-0.3, -0.25) is 14.6 Å². The number of nitrogens with zero attached hydrogens (tertiary/aromatic N) is 3. The highest BCUT2D eigenvalue weighted by Gasteiger charge is 2.16. The number of primary amides is 1. The maximum absolute atomic E-state index is 11.6. The lowest BCUT2D eigenvalue weighted by Gasteiger charge is -2.05. The third-order valence-electron chi connectivity index (χ3n) is 3.14. The lowest BCUT2D eigenvalue weighted by atomic mass is 10.1. The third-order valence-corrected chi connectivity index (χ3v) is 3.14. The van der Waals surface area contributed by atoms with Crippen LogP contribution in [0.15, 0.2) is 10.9 Å². The van der Waals surface area contributed by atoms with Crippen LogP contribution in [0.1, 0.15) is 29.6 Å². The van der Waals surface area contributed by atoms with E-state index in [2.05, 4.69) is 15.1 Å². The van der Waals surface area contributed by atoms with Crippen molar-refractivity contribution in [2.75, 3.05) is 0 Å². The zero-order valence-electron chi connectivity index (χ0n) is 11.7. The zero-order valence-corrected chi connectivity index (χ0v) is 11.7. The largest absolute Gasteiger partial charge is 0.369 e. The number of aromatic amines is 1. The van der Waals surface area contributed by atoms with Crippen molar-refractivity contribution in [3.8, 4) is 5.95 Å². The summed E-state index contributed by atoms with van der Waals surface area (Å²) in [6, 6.07) is 1.46. The molecule has 2 heterocycles. The Bertz CT molecular complexity index is 714. The average Bonchev–Trinajstić information content (AvgIpc) is 2.65. The van der Waals surface area contributed by atoms with Crippen molar-refractivity contribution in [1.82, 2.24) is 19.7 Å². The van der Waals surface area contributed by atoms with E-state index in [0.29, 0.717) is 23.8 Å². The highest BCUT2D eigenvalue weighted by Crippen LogP contribution is 2.16. The van der Waals surface area contributed by atoms with E-state index in [1.807, 2.05) is 13.8 Å². The molecule has 2 aromatic rings. The normalized spacial score (nSPS) is 10.8. The monoisotopic (exact) mass is 275 g/mol. The molecular formula is C13H17N5O2. The average molecular weight is 275 g/mol. The molecule has 0 aliphatic heterocycles. The van der Waals surface area contributed by atoms with Gasteiger partial charge >= 0.3 is 0 Å². The van der Waals surface area contributed by atoms with Crippen molar-refractivity contribution in [1.29, 1.82) is 0 Å². The number of carbonyl (C=O) groups excluding carboxylic acids is 1. The molecule has 2 aromatic heterocycles. The van der Waals surface area contributed by atoms with Gasteiger partial charge in [0.1, 0.15) is 0 Å². The maximum atomic E-state index is 11.6. The molecule has 0 radical (unpaired) electrons. The van der Waals surface area contributed by atoms with E-state index in [1.54, 1.807) is 6.92 Å². The molecule has 20 heavy (non-hydrogen) atoms. The molecule has 0 bridgehead atoms.